The number of nitrogens with zero attached hydrogens (tertiary/aromatic N) is 1. The number of benzene rings is 3. The molecule has 4 aromatic rings. The summed E-state index contributed by atoms with van der Waals surface area (Å²) in [5, 5.41) is 5.83. The average Bonchev–Trinajstić information content (AvgIpc) is 2.84. The Balaban J connectivity index is 1.39. The molecule has 0 saturated carbocycles. The lowest BCUT2D eigenvalue weighted by atomic mass is 10.1. The molecule has 1 heterocycles. The molecule has 0 unspecified atom stereocenters. The normalized spacial score (nSPS) is 11.0. The summed E-state index contributed by atoms with van der Waals surface area (Å²) in [6, 6.07) is 24.3. The van der Waals surface area contributed by atoms with E-state index >= 15 is 0 Å². The van der Waals surface area contributed by atoms with E-state index in [2.05, 4.69) is 15.6 Å². The number of carbonyl (C=O) groups is 1. The van der Waals surface area contributed by atoms with Crippen molar-refractivity contribution < 1.29 is 22.7 Å². The van der Waals surface area contributed by atoms with Crippen LogP contribution in [0, 0.1) is 0 Å². The molecular formula is C26H20F3N3O2. The Morgan fingerprint density at radius 3 is 2.18 bits per heavy atom. The van der Waals surface area contributed by atoms with Crippen molar-refractivity contribution in [2.24, 2.45) is 0 Å². The second kappa shape index (κ2) is 10.1. The van der Waals surface area contributed by atoms with Gasteiger partial charge in [0.2, 0.25) is 0 Å². The van der Waals surface area contributed by atoms with Crippen LogP contribution >= 0.6 is 0 Å². The maximum absolute atomic E-state index is 12.8. The van der Waals surface area contributed by atoms with E-state index in [9.17, 15) is 18.0 Å². The Bertz CT molecular complexity index is 1240. The summed E-state index contributed by atoms with van der Waals surface area (Å²) in [5.74, 6) is 1.28. The van der Waals surface area contributed by atoms with Crippen LogP contribution in [0.4, 0.5) is 24.7 Å². The fourth-order valence-electron chi connectivity index (χ4n) is 3.16. The van der Waals surface area contributed by atoms with Gasteiger partial charge < -0.3 is 15.4 Å². The van der Waals surface area contributed by atoms with Crippen LogP contribution in [0.15, 0.2) is 97.2 Å². The van der Waals surface area contributed by atoms with Crippen LogP contribution < -0.4 is 15.4 Å². The number of rotatable bonds is 7. The quantitative estimate of drug-likeness (QED) is 0.318. The highest BCUT2D eigenvalue weighted by Gasteiger charge is 2.29. The minimum absolute atomic E-state index is 0.209. The molecule has 1 amide bonds. The standard InChI is InChI=1S/C26H20F3N3O2/c27-26(28,29)19-10-8-18(9-11-19)17-31-24-23(7-4-16-30-24)25(33)32-20-12-14-22(15-13-20)34-21-5-2-1-3-6-21/h1-16H,17H2,(H,30,31)(H,32,33). The average molecular weight is 463 g/mol. The van der Waals surface area contributed by atoms with Gasteiger partial charge in [-0.25, -0.2) is 4.98 Å². The summed E-state index contributed by atoms with van der Waals surface area (Å²) >= 11 is 0. The Hall–Kier alpha value is -4.33. The van der Waals surface area contributed by atoms with Gasteiger partial charge in [-0.3, -0.25) is 4.79 Å². The third kappa shape index (κ3) is 5.92. The van der Waals surface area contributed by atoms with Gasteiger partial charge in [-0.05, 0) is 66.2 Å². The highest BCUT2D eigenvalue weighted by atomic mass is 19.4. The molecule has 8 heteroatoms. The first-order valence-corrected chi connectivity index (χ1v) is 10.4. The Morgan fingerprint density at radius 1 is 0.824 bits per heavy atom. The van der Waals surface area contributed by atoms with Crippen molar-refractivity contribution in [2.75, 3.05) is 10.6 Å². The van der Waals surface area contributed by atoms with Gasteiger partial charge in [0.1, 0.15) is 17.3 Å². The third-order valence-corrected chi connectivity index (χ3v) is 4.88. The fourth-order valence-corrected chi connectivity index (χ4v) is 3.16. The number of nitrogens with one attached hydrogen (secondary N) is 2. The number of amides is 1. The van der Waals surface area contributed by atoms with Gasteiger partial charge in [0.25, 0.3) is 5.91 Å². The maximum Gasteiger partial charge on any atom is 0.416 e. The van der Waals surface area contributed by atoms with Gasteiger partial charge in [0.15, 0.2) is 0 Å². The van der Waals surface area contributed by atoms with Gasteiger partial charge in [-0.15, -0.1) is 0 Å². The van der Waals surface area contributed by atoms with E-state index in [0.29, 0.717) is 34.1 Å². The van der Waals surface area contributed by atoms with E-state index in [1.54, 1.807) is 36.4 Å². The highest BCUT2D eigenvalue weighted by Crippen LogP contribution is 2.29. The topological polar surface area (TPSA) is 63.2 Å². The van der Waals surface area contributed by atoms with E-state index in [0.717, 1.165) is 12.1 Å². The molecule has 0 aliphatic rings. The lowest BCUT2D eigenvalue weighted by molar-refractivity contribution is -0.137. The number of aromatic nitrogens is 1. The maximum atomic E-state index is 12.8. The number of pyridine rings is 1. The molecule has 1 aromatic heterocycles. The van der Waals surface area contributed by atoms with E-state index in [1.807, 2.05) is 30.3 Å². The number of hydrogen-bond acceptors (Lipinski definition) is 4. The van der Waals surface area contributed by atoms with E-state index in [4.69, 9.17) is 4.74 Å². The first-order valence-electron chi connectivity index (χ1n) is 10.4. The number of hydrogen-bond donors (Lipinski definition) is 2. The molecule has 0 aliphatic carbocycles. The molecule has 0 fully saturated rings. The zero-order chi connectivity index (χ0) is 24.0. The number of alkyl halides is 3. The summed E-state index contributed by atoms with van der Waals surface area (Å²) in [6.45, 7) is 0.209. The predicted molar refractivity (Wildman–Crippen MR) is 124 cm³/mol. The van der Waals surface area contributed by atoms with Gasteiger partial charge in [-0.1, -0.05) is 30.3 Å². The number of halogens is 3. The Morgan fingerprint density at radius 2 is 1.50 bits per heavy atom. The van der Waals surface area contributed by atoms with Crippen LogP contribution in [0.5, 0.6) is 11.5 Å². The van der Waals surface area contributed by atoms with Crippen molar-refractivity contribution >= 4 is 17.4 Å². The van der Waals surface area contributed by atoms with Crippen LogP contribution in [0.1, 0.15) is 21.5 Å². The van der Waals surface area contributed by atoms with Crippen LogP contribution in [-0.4, -0.2) is 10.9 Å². The molecule has 4 rings (SSSR count). The van der Waals surface area contributed by atoms with Crippen molar-refractivity contribution in [1.82, 2.24) is 4.98 Å². The lowest BCUT2D eigenvalue weighted by Gasteiger charge is -2.12. The minimum Gasteiger partial charge on any atom is -0.457 e. The first kappa shape index (κ1) is 22.8. The molecule has 3 aromatic carbocycles. The number of anilines is 2. The van der Waals surface area contributed by atoms with Gasteiger partial charge >= 0.3 is 6.18 Å². The second-order valence-corrected chi connectivity index (χ2v) is 7.34. The molecule has 0 bridgehead atoms. The molecule has 5 nitrogen and oxygen atoms in total. The molecule has 172 valence electrons. The van der Waals surface area contributed by atoms with Crippen molar-refractivity contribution in [3.05, 3.63) is 114 Å². The predicted octanol–water partition coefficient (Wildman–Crippen LogP) is 6.76. The van der Waals surface area contributed by atoms with Gasteiger partial charge in [0, 0.05) is 18.4 Å². The van der Waals surface area contributed by atoms with E-state index < -0.39 is 11.7 Å². The number of carbonyl (C=O) groups excluding carboxylic acids is 1. The van der Waals surface area contributed by atoms with E-state index in [1.165, 1.54) is 18.3 Å². The molecule has 0 spiro atoms. The smallest absolute Gasteiger partial charge is 0.416 e. The van der Waals surface area contributed by atoms with E-state index in [-0.39, 0.29) is 12.5 Å². The van der Waals surface area contributed by atoms with Crippen LogP contribution in [0.25, 0.3) is 0 Å². The summed E-state index contributed by atoms with van der Waals surface area (Å²) in [5.41, 5.74) is 0.787. The lowest BCUT2D eigenvalue weighted by Crippen LogP contribution is -2.15. The summed E-state index contributed by atoms with van der Waals surface area (Å²) in [7, 11) is 0. The largest absolute Gasteiger partial charge is 0.457 e. The van der Waals surface area contributed by atoms with Crippen LogP contribution in [-0.2, 0) is 12.7 Å². The number of para-hydroxylation sites is 1. The second-order valence-electron chi connectivity index (χ2n) is 7.34. The van der Waals surface area contributed by atoms with Gasteiger partial charge in [0.05, 0.1) is 11.1 Å². The molecule has 0 atom stereocenters. The monoisotopic (exact) mass is 463 g/mol. The highest BCUT2D eigenvalue weighted by molar-refractivity contribution is 6.07. The fraction of sp³-hybridized carbons (Fsp3) is 0.0769. The Kier molecular flexibility index (Phi) is 6.77. The minimum atomic E-state index is -4.38. The Labute approximate surface area is 194 Å². The summed E-state index contributed by atoms with van der Waals surface area (Å²) < 4.78 is 43.9. The SMILES string of the molecule is O=C(Nc1ccc(Oc2ccccc2)cc1)c1cccnc1NCc1ccc(C(F)(F)F)cc1. The summed E-state index contributed by atoms with van der Waals surface area (Å²) in [6.07, 6.45) is -2.86. The molecule has 34 heavy (non-hydrogen) atoms. The summed E-state index contributed by atoms with van der Waals surface area (Å²) in [4.78, 5) is 17.0. The first-order chi connectivity index (χ1) is 16.4. The van der Waals surface area contributed by atoms with Crippen LogP contribution in [0.2, 0.25) is 0 Å². The third-order valence-electron chi connectivity index (χ3n) is 4.88. The van der Waals surface area contributed by atoms with Crippen molar-refractivity contribution in [3.8, 4) is 11.5 Å². The zero-order valence-electron chi connectivity index (χ0n) is 17.8. The molecule has 2 N–H and O–H groups in total. The van der Waals surface area contributed by atoms with Crippen molar-refractivity contribution in [1.29, 1.82) is 0 Å². The molecule has 0 aliphatic heterocycles. The number of ether oxygens (including phenoxy) is 1. The van der Waals surface area contributed by atoms with Crippen LogP contribution in [0.3, 0.4) is 0 Å². The van der Waals surface area contributed by atoms with Crippen molar-refractivity contribution in [2.45, 2.75) is 12.7 Å². The molecular weight excluding hydrogens is 443 g/mol. The van der Waals surface area contributed by atoms with Crippen molar-refractivity contribution in [3.63, 3.8) is 0 Å². The van der Waals surface area contributed by atoms with Gasteiger partial charge in [-0.2, -0.15) is 13.2 Å². The zero-order valence-corrected chi connectivity index (χ0v) is 17.8. The molecule has 0 radical (unpaired) electrons. The molecule has 0 saturated heterocycles.